The maximum absolute atomic E-state index is 9.81. The van der Waals surface area contributed by atoms with Crippen molar-refractivity contribution in [2.45, 2.75) is 0 Å². The van der Waals surface area contributed by atoms with E-state index in [1.165, 1.54) is 0 Å². The van der Waals surface area contributed by atoms with Gasteiger partial charge in [0.15, 0.2) is 0 Å². The molecule has 0 saturated carbocycles. The summed E-state index contributed by atoms with van der Waals surface area (Å²) in [6, 6.07) is 0. The van der Waals surface area contributed by atoms with E-state index in [2.05, 4.69) is 15.5 Å². The van der Waals surface area contributed by atoms with Crippen LogP contribution in [0.1, 0.15) is 0 Å². The summed E-state index contributed by atoms with van der Waals surface area (Å²) in [4.78, 5) is 9.20. The summed E-state index contributed by atoms with van der Waals surface area (Å²) in [5.74, 6) is -0.685. The van der Waals surface area contributed by atoms with Gasteiger partial charge in [-0.2, -0.15) is 0 Å². The van der Waals surface area contributed by atoms with Crippen molar-refractivity contribution in [3.63, 3.8) is 0 Å². The SMILES string of the molecule is N=[N+]1N=NN=C1[N+](=O)[O-]. The fourth-order valence-electron chi connectivity index (χ4n) is 0.296. The molecule has 0 radical (unpaired) electrons. The third-order valence-electron chi connectivity index (χ3n) is 0.616. The highest BCUT2D eigenvalue weighted by Crippen LogP contribution is 1.95. The van der Waals surface area contributed by atoms with Crippen molar-refractivity contribution in [1.82, 2.24) is 0 Å². The molecule has 1 aliphatic heterocycles. The molecule has 0 amide bonds. The van der Waals surface area contributed by atoms with Crippen LogP contribution in [0, 0.1) is 15.6 Å². The molecule has 0 unspecified atom stereocenters. The van der Waals surface area contributed by atoms with E-state index in [1.807, 2.05) is 0 Å². The summed E-state index contributed by atoms with van der Waals surface area (Å²) in [5, 5.41) is 18.5. The Hall–Kier alpha value is -1.73. The molecule has 0 atom stereocenters. The third kappa shape index (κ3) is 0.759. The van der Waals surface area contributed by atoms with E-state index < -0.39 is 10.9 Å². The Morgan fingerprint density at radius 3 is 2.67 bits per heavy atom. The molecule has 1 rings (SSSR count). The Labute approximate surface area is 48.1 Å². The van der Waals surface area contributed by atoms with Crippen LogP contribution in [0.3, 0.4) is 0 Å². The van der Waals surface area contributed by atoms with Crippen LogP contribution in [0.4, 0.5) is 0 Å². The van der Waals surface area contributed by atoms with E-state index in [0.717, 1.165) is 0 Å². The lowest BCUT2D eigenvalue weighted by atomic mass is 11.0. The van der Waals surface area contributed by atoms with E-state index in [-0.39, 0.29) is 4.81 Å². The summed E-state index contributed by atoms with van der Waals surface area (Å²) in [7, 11) is 0. The van der Waals surface area contributed by atoms with Gasteiger partial charge in [-0.25, -0.2) is 0 Å². The standard InChI is InChI=1S/CHN6O2/c2-6-1(7(8)9)3-4-5-6/h2H/q+1. The van der Waals surface area contributed by atoms with Gasteiger partial charge in [0.05, 0.1) is 4.81 Å². The molecule has 0 spiro atoms. The largest absolute Gasteiger partial charge is 0.631 e. The van der Waals surface area contributed by atoms with Crippen LogP contribution in [0.5, 0.6) is 0 Å². The maximum Gasteiger partial charge on any atom is 0.631 e. The summed E-state index contributed by atoms with van der Waals surface area (Å²) in [5.41, 5.74) is 6.62. The van der Waals surface area contributed by atoms with Crippen molar-refractivity contribution in [1.29, 1.82) is 5.53 Å². The molecule has 8 nitrogen and oxygen atoms in total. The number of hydrogen-bond acceptors (Lipinski definition) is 5. The molecule has 46 valence electrons. The summed E-state index contributed by atoms with van der Waals surface area (Å²) in [6.07, 6.45) is 0. The zero-order chi connectivity index (χ0) is 6.85. The number of nitrogens with zero attached hydrogens (tertiary/aromatic N) is 5. The number of nitro groups is 1. The van der Waals surface area contributed by atoms with E-state index in [0.29, 0.717) is 0 Å². The van der Waals surface area contributed by atoms with Gasteiger partial charge in [0.1, 0.15) is 0 Å². The molecule has 0 aromatic heterocycles. The Morgan fingerprint density at radius 2 is 2.44 bits per heavy atom. The lowest BCUT2D eigenvalue weighted by Crippen LogP contribution is -2.18. The second-order valence-electron chi connectivity index (χ2n) is 1.15. The first-order valence-corrected chi connectivity index (χ1v) is 1.86. The predicted octanol–water partition coefficient (Wildman–Crippen LogP) is -0.0416. The zero-order valence-electron chi connectivity index (χ0n) is 4.05. The molecule has 0 fully saturated rings. The molecule has 9 heavy (non-hydrogen) atoms. The van der Waals surface area contributed by atoms with Gasteiger partial charge in [-0.15, -0.1) is 5.53 Å². The van der Waals surface area contributed by atoms with E-state index in [9.17, 15) is 10.1 Å². The molecule has 1 aliphatic rings. The van der Waals surface area contributed by atoms with Crippen molar-refractivity contribution in [2.75, 3.05) is 0 Å². The van der Waals surface area contributed by atoms with Crippen LogP contribution in [-0.4, -0.2) is 15.7 Å². The van der Waals surface area contributed by atoms with E-state index in [4.69, 9.17) is 5.53 Å². The molecule has 0 aromatic rings. The van der Waals surface area contributed by atoms with Gasteiger partial charge in [-0.3, -0.25) is 0 Å². The topological polar surface area (TPSA) is 107 Å². The lowest BCUT2D eigenvalue weighted by molar-refractivity contribution is -0.593. The molecule has 8 heteroatoms. The molecule has 0 aromatic carbocycles. The summed E-state index contributed by atoms with van der Waals surface area (Å²) in [6.45, 7) is 0. The number of hydrogen-bond donors (Lipinski definition) is 1. The Kier molecular flexibility index (Phi) is 0.992. The fourth-order valence-corrected chi connectivity index (χ4v) is 0.296. The maximum atomic E-state index is 9.81. The highest BCUT2D eigenvalue weighted by molar-refractivity contribution is 5.61. The minimum Gasteiger partial charge on any atom is -0.355 e. The minimum atomic E-state index is -0.840. The van der Waals surface area contributed by atoms with Gasteiger partial charge in [0.2, 0.25) is 5.22 Å². The van der Waals surface area contributed by atoms with Crippen molar-refractivity contribution >= 4 is 5.96 Å². The van der Waals surface area contributed by atoms with E-state index in [1.54, 1.807) is 0 Å². The first-order valence-electron chi connectivity index (χ1n) is 1.86. The highest BCUT2D eigenvalue weighted by atomic mass is 16.6. The van der Waals surface area contributed by atoms with Crippen LogP contribution >= 0.6 is 0 Å². The summed E-state index contributed by atoms with van der Waals surface area (Å²) < 4.78 is 0. The van der Waals surface area contributed by atoms with Crippen LogP contribution in [-0.2, 0) is 0 Å². The predicted molar refractivity (Wildman–Crippen MR) is 22.3 cm³/mol. The molecule has 1 heterocycles. The van der Waals surface area contributed by atoms with Crippen molar-refractivity contribution in [3.05, 3.63) is 10.1 Å². The minimum absolute atomic E-state index is 0.236. The zero-order valence-corrected chi connectivity index (χ0v) is 4.05. The first-order chi connectivity index (χ1) is 4.22. The van der Waals surface area contributed by atoms with Gasteiger partial charge in [-0.1, -0.05) is 0 Å². The third-order valence-corrected chi connectivity index (χ3v) is 0.616. The van der Waals surface area contributed by atoms with Crippen LogP contribution in [0.2, 0.25) is 0 Å². The van der Waals surface area contributed by atoms with Crippen molar-refractivity contribution in [3.8, 4) is 0 Å². The average molecular weight is 129 g/mol. The molecular formula is CHN6O2+. The Bertz CT molecular complexity index is 225. The van der Waals surface area contributed by atoms with Gasteiger partial charge in [-0.05, 0) is 0 Å². The van der Waals surface area contributed by atoms with E-state index >= 15 is 0 Å². The Balaban J connectivity index is 2.88. The molecular weight excluding hydrogens is 128 g/mol. The molecule has 0 aliphatic carbocycles. The van der Waals surface area contributed by atoms with Crippen LogP contribution < -0.4 is 0 Å². The van der Waals surface area contributed by atoms with Gasteiger partial charge in [0.25, 0.3) is 5.10 Å². The van der Waals surface area contributed by atoms with Gasteiger partial charge < -0.3 is 10.1 Å². The average Bonchev–Trinajstić information content (AvgIpc) is 2.13. The second kappa shape index (κ2) is 1.65. The quantitative estimate of drug-likeness (QED) is 0.281. The van der Waals surface area contributed by atoms with Gasteiger partial charge in [0, 0.05) is 4.92 Å². The van der Waals surface area contributed by atoms with Crippen molar-refractivity contribution < 1.29 is 9.73 Å². The smallest absolute Gasteiger partial charge is 0.355 e. The molecule has 0 bridgehead atoms. The normalized spacial score (nSPS) is 16.0. The van der Waals surface area contributed by atoms with Crippen LogP contribution in [0.15, 0.2) is 15.5 Å². The monoisotopic (exact) mass is 129 g/mol. The molecule has 0 saturated heterocycles. The first kappa shape index (κ1) is 5.41. The second-order valence-corrected chi connectivity index (χ2v) is 1.15. The molecule has 1 N–H and O–H groups in total. The fraction of sp³-hybridized carbons (Fsp3) is 0. The Morgan fingerprint density at radius 1 is 1.78 bits per heavy atom. The van der Waals surface area contributed by atoms with Gasteiger partial charge >= 0.3 is 11.2 Å². The number of guanidine groups is 1. The van der Waals surface area contributed by atoms with Crippen molar-refractivity contribution in [2.24, 2.45) is 15.5 Å². The summed E-state index contributed by atoms with van der Waals surface area (Å²) >= 11 is 0. The number of nitrogens with one attached hydrogen (secondary N) is 1. The lowest BCUT2D eigenvalue weighted by Gasteiger charge is -1.80. The number of rotatable bonds is 0. The van der Waals surface area contributed by atoms with Crippen LogP contribution in [0.25, 0.3) is 0 Å². The highest BCUT2D eigenvalue weighted by Gasteiger charge is 2.34.